The van der Waals surface area contributed by atoms with E-state index < -0.39 is 23.6 Å². The Kier molecular flexibility index (Phi) is 6.07. The largest absolute Gasteiger partial charge is 0.424 e. The fourth-order valence-corrected chi connectivity index (χ4v) is 1.79. The van der Waals surface area contributed by atoms with Gasteiger partial charge in [0.15, 0.2) is 0 Å². The van der Waals surface area contributed by atoms with Crippen molar-refractivity contribution in [1.29, 1.82) is 0 Å². The summed E-state index contributed by atoms with van der Waals surface area (Å²) in [6, 6.07) is 11.3. The van der Waals surface area contributed by atoms with Crippen molar-refractivity contribution in [2.45, 2.75) is 19.5 Å². The van der Waals surface area contributed by atoms with Gasteiger partial charge >= 0.3 is 17.9 Å². The molecule has 0 amide bonds. The second-order valence-electron chi connectivity index (χ2n) is 5.87. The van der Waals surface area contributed by atoms with Crippen molar-refractivity contribution in [2.24, 2.45) is 0 Å². The molecule has 0 aliphatic carbocycles. The zero-order chi connectivity index (χ0) is 20.0. The minimum absolute atomic E-state index is 0.124. The van der Waals surface area contributed by atoms with Crippen LogP contribution in [-0.4, -0.2) is 23.6 Å². The summed E-state index contributed by atoms with van der Waals surface area (Å²) < 4.78 is 28.4. The minimum atomic E-state index is -2.11. The third-order valence-electron chi connectivity index (χ3n) is 3.21. The lowest BCUT2D eigenvalue weighted by atomic mass is 10.2. The molecule has 0 aromatic heterocycles. The van der Waals surface area contributed by atoms with Crippen LogP contribution in [0.15, 0.2) is 61.2 Å². The molecule has 0 radical (unpaired) electrons. The molecule has 0 bridgehead atoms. The van der Waals surface area contributed by atoms with Gasteiger partial charge in [0.2, 0.25) is 5.67 Å². The van der Waals surface area contributed by atoms with E-state index in [2.05, 4.69) is 6.58 Å². The van der Waals surface area contributed by atoms with E-state index in [0.717, 1.165) is 19.9 Å². The minimum Gasteiger partial charge on any atom is -0.424 e. The number of benzene rings is 2. The SMILES string of the molecule is C=CC(=O)Oc1ccc(C(=O)Oc2ccc(OC(=O)C(C)(C)F)cc2)cc1. The Labute approximate surface area is 155 Å². The van der Waals surface area contributed by atoms with Crippen LogP contribution in [0.1, 0.15) is 24.2 Å². The quantitative estimate of drug-likeness (QED) is 0.438. The number of ether oxygens (including phenoxy) is 3. The molecule has 0 heterocycles. The standard InChI is InChI=1S/C20H17FO6/c1-4-17(22)25-14-7-5-13(6-8-14)18(23)26-15-9-11-16(12-10-15)27-19(24)20(2,3)21/h4-12H,1H2,2-3H3. The summed E-state index contributed by atoms with van der Waals surface area (Å²) in [5.74, 6) is -1.67. The molecular weight excluding hydrogens is 355 g/mol. The van der Waals surface area contributed by atoms with Gasteiger partial charge < -0.3 is 14.2 Å². The number of carbonyl (C=O) groups excluding carboxylic acids is 3. The molecule has 0 spiro atoms. The number of alkyl halides is 1. The molecule has 2 rings (SSSR count). The summed E-state index contributed by atoms with van der Waals surface area (Å²) in [6.07, 6.45) is 1.03. The van der Waals surface area contributed by atoms with Crippen LogP contribution >= 0.6 is 0 Å². The number of hydrogen-bond acceptors (Lipinski definition) is 6. The second kappa shape index (κ2) is 8.27. The smallest absolute Gasteiger partial charge is 0.348 e. The first-order chi connectivity index (χ1) is 12.7. The van der Waals surface area contributed by atoms with Gasteiger partial charge in [-0.25, -0.2) is 18.8 Å². The lowest BCUT2D eigenvalue weighted by Crippen LogP contribution is -2.30. The molecule has 140 valence electrons. The molecule has 7 heteroatoms. The van der Waals surface area contributed by atoms with E-state index in [1.165, 1.54) is 48.5 Å². The molecule has 6 nitrogen and oxygen atoms in total. The molecular formula is C20H17FO6. The van der Waals surface area contributed by atoms with Crippen molar-refractivity contribution >= 4 is 17.9 Å². The van der Waals surface area contributed by atoms with Gasteiger partial charge in [-0.15, -0.1) is 0 Å². The van der Waals surface area contributed by atoms with Gasteiger partial charge in [0.25, 0.3) is 0 Å². The summed E-state index contributed by atoms with van der Waals surface area (Å²) in [5.41, 5.74) is -1.87. The van der Waals surface area contributed by atoms with Crippen LogP contribution in [0.5, 0.6) is 17.2 Å². The van der Waals surface area contributed by atoms with Crippen molar-refractivity contribution in [3.8, 4) is 17.2 Å². The van der Waals surface area contributed by atoms with Gasteiger partial charge in [-0.1, -0.05) is 6.58 Å². The fraction of sp³-hybridized carbons (Fsp3) is 0.150. The second-order valence-corrected chi connectivity index (χ2v) is 5.87. The zero-order valence-electron chi connectivity index (χ0n) is 14.7. The Bertz CT molecular complexity index is 848. The first kappa shape index (κ1) is 19.8. The van der Waals surface area contributed by atoms with Gasteiger partial charge in [0, 0.05) is 6.08 Å². The van der Waals surface area contributed by atoms with E-state index in [0.29, 0.717) is 0 Å². The Hall–Kier alpha value is -3.48. The summed E-state index contributed by atoms with van der Waals surface area (Å²) in [4.78, 5) is 34.7. The normalized spacial score (nSPS) is 10.6. The maximum atomic E-state index is 13.4. The van der Waals surface area contributed by atoms with Crippen LogP contribution in [0.4, 0.5) is 4.39 Å². The maximum absolute atomic E-state index is 13.4. The van der Waals surface area contributed by atoms with Gasteiger partial charge in [-0.2, -0.15) is 0 Å². The third-order valence-corrected chi connectivity index (χ3v) is 3.21. The van der Waals surface area contributed by atoms with Crippen molar-refractivity contribution in [1.82, 2.24) is 0 Å². The average Bonchev–Trinajstić information content (AvgIpc) is 2.63. The number of halogens is 1. The highest BCUT2D eigenvalue weighted by molar-refractivity contribution is 5.91. The Morgan fingerprint density at radius 2 is 1.30 bits per heavy atom. The Morgan fingerprint density at radius 3 is 1.78 bits per heavy atom. The van der Waals surface area contributed by atoms with Crippen LogP contribution in [0.2, 0.25) is 0 Å². The van der Waals surface area contributed by atoms with Crippen LogP contribution in [0.25, 0.3) is 0 Å². The molecule has 0 saturated carbocycles. The summed E-state index contributed by atoms with van der Waals surface area (Å²) in [6.45, 7) is 5.47. The maximum Gasteiger partial charge on any atom is 0.348 e. The molecule has 0 N–H and O–H groups in total. The Balaban J connectivity index is 1.98. The molecule has 2 aromatic carbocycles. The van der Waals surface area contributed by atoms with Crippen molar-refractivity contribution in [3.05, 3.63) is 66.7 Å². The first-order valence-corrected chi connectivity index (χ1v) is 7.87. The fourth-order valence-electron chi connectivity index (χ4n) is 1.79. The number of hydrogen-bond donors (Lipinski definition) is 0. The van der Waals surface area contributed by atoms with Crippen molar-refractivity contribution < 1.29 is 33.0 Å². The average molecular weight is 372 g/mol. The summed E-state index contributed by atoms with van der Waals surface area (Å²) >= 11 is 0. The van der Waals surface area contributed by atoms with Crippen molar-refractivity contribution in [2.75, 3.05) is 0 Å². The molecule has 0 saturated heterocycles. The van der Waals surface area contributed by atoms with Gasteiger partial charge in [0.05, 0.1) is 5.56 Å². The van der Waals surface area contributed by atoms with Crippen LogP contribution < -0.4 is 14.2 Å². The molecule has 0 fully saturated rings. The van der Waals surface area contributed by atoms with Crippen LogP contribution in [0.3, 0.4) is 0 Å². The van der Waals surface area contributed by atoms with Gasteiger partial charge in [-0.05, 0) is 62.4 Å². The van der Waals surface area contributed by atoms with Crippen LogP contribution in [-0.2, 0) is 9.59 Å². The molecule has 0 aliphatic rings. The number of rotatable bonds is 6. The first-order valence-electron chi connectivity index (χ1n) is 7.87. The van der Waals surface area contributed by atoms with Crippen LogP contribution in [0, 0.1) is 0 Å². The van der Waals surface area contributed by atoms with E-state index in [4.69, 9.17) is 14.2 Å². The predicted molar refractivity (Wildman–Crippen MR) is 94.5 cm³/mol. The number of esters is 3. The van der Waals surface area contributed by atoms with E-state index in [9.17, 15) is 18.8 Å². The molecule has 0 atom stereocenters. The Morgan fingerprint density at radius 1 is 0.852 bits per heavy atom. The van der Waals surface area contributed by atoms with Gasteiger partial charge in [0.1, 0.15) is 17.2 Å². The molecule has 2 aromatic rings. The van der Waals surface area contributed by atoms with E-state index in [1.54, 1.807) is 0 Å². The predicted octanol–water partition coefficient (Wildman–Crippen LogP) is 3.65. The highest BCUT2D eigenvalue weighted by Gasteiger charge is 2.29. The lowest BCUT2D eigenvalue weighted by Gasteiger charge is -2.13. The monoisotopic (exact) mass is 372 g/mol. The van der Waals surface area contributed by atoms with Crippen molar-refractivity contribution in [3.63, 3.8) is 0 Å². The third kappa shape index (κ3) is 5.78. The van der Waals surface area contributed by atoms with E-state index in [-0.39, 0.29) is 22.8 Å². The lowest BCUT2D eigenvalue weighted by molar-refractivity contribution is -0.145. The summed E-state index contributed by atoms with van der Waals surface area (Å²) in [5, 5.41) is 0. The van der Waals surface area contributed by atoms with E-state index >= 15 is 0 Å². The molecule has 27 heavy (non-hydrogen) atoms. The zero-order valence-corrected chi connectivity index (χ0v) is 14.7. The number of carbonyl (C=O) groups is 3. The molecule has 0 aliphatic heterocycles. The molecule has 0 unspecified atom stereocenters. The van der Waals surface area contributed by atoms with E-state index in [1.807, 2.05) is 0 Å². The topological polar surface area (TPSA) is 78.9 Å². The summed E-state index contributed by atoms with van der Waals surface area (Å²) in [7, 11) is 0. The van der Waals surface area contributed by atoms with Gasteiger partial charge in [-0.3, -0.25) is 0 Å². The highest BCUT2D eigenvalue weighted by Crippen LogP contribution is 2.21. The highest BCUT2D eigenvalue weighted by atomic mass is 19.1.